The molecular formula is C27H32FN5O6S. The van der Waals surface area contributed by atoms with Gasteiger partial charge in [-0.05, 0) is 82.0 Å². The number of hydrogen-bond acceptors (Lipinski definition) is 8. The van der Waals surface area contributed by atoms with Gasteiger partial charge in [-0.15, -0.1) is 0 Å². The smallest absolute Gasteiger partial charge is 0.407 e. The zero-order chi connectivity index (χ0) is 29.1. The summed E-state index contributed by atoms with van der Waals surface area (Å²) in [5.41, 5.74) is 0.596. The molecule has 40 heavy (non-hydrogen) atoms. The van der Waals surface area contributed by atoms with Gasteiger partial charge < -0.3 is 20.1 Å². The summed E-state index contributed by atoms with van der Waals surface area (Å²) in [6.45, 7) is 6.02. The molecular weight excluding hydrogens is 541 g/mol. The molecule has 214 valence electrons. The van der Waals surface area contributed by atoms with Gasteiger partial charge in [0.15, 0.2) is 0 Å². The number of rotatable bonds is 9. The van der Waals surface area contributed by atoms with E-state index in [9.17, 15) is 22.4 Å². The van der Waals surface area contributed by atoms with Crippen LogP contribution in [0.1, 0.15) is 44.0 Å². The van der Waals surface area contributed by atoms with E-state index in [1.165, 1.54) is 54.4 Å². The quantitative estimate of drug-likeness (QED) is 0.322. The molecule has 0 unspecified atom stereocenters. The van der Waals surface area contributed by atoms with Crippen LogP contribution >= 0.6 is 0 Å². The minimum absolute atomic E-state index is 0.0279. The number of esters is 1. The first-order chi connectivity index (χ1) is 18.8. The Morgan fingerprint density at radius 1 is 1.12 bits per heavy atom. The SMILES string of the molecule is COC(=O)c1cc(NCC2CC(NC(=O)OC(C)(C)C)C2)ccc1NS(=O)(=O)c1cnn(-c2ccc(F)cc2)c1. The van der Waals surface area contributed by atoms with Gasteiger partial charge >= 0.3 is 12.1 Å². The highest BCUT2D eigenvalue weighted by molar-refractivity contribution is 7.92. The number of alkyl carbamates (subject to hydrolysis) is 1. The van der Waals surface area contributed by atoms with Crippen LogP contribution in [0.3, 0.4) is 0 Å². The largest absolute Gasteiger partial charge is 0.465 e. The van der Waals surface area contributed by atoms with Crippen LogP contribution in [0.4, 0.5) is 20.6 Å². The molecule has 2 aromatic carbocycles. The van der Waals surface area contributed by atoms with Crippen LogP contribution in [0.5, 0.6) is 0 Å². The van der Waals surface area contributed by atoms with Gasteiger partial charge in [0.05, 0.1) is 36.4 Å². The van der Waals surface area contributed by atoms with Crippen molar-refractivity contribution in [2.45, 2.75) is 50.2 Å². The van der Waals surface area contributed by atoms with E-state index < -0.39 is 33.5 Å². The average Bonchev–Trinajstić information content (AvgIpc) is 3.36. The topological polar surface area (TPSA) is 141 Å². The van der Waals surface area contributed by atoms with Gasteiger partial charge in [0, 0.05) is 18.3 Å². The Morgan fingerprint density at radius 3 is 2.48 bits per heavy atom. The molecule has 13 heteroatoms. The van der Waals surface area contributed by atoms with Gasteiger partial charge in [0.1, 0.15) is 16.3 Å². The summed E-state index contributed by atoms with van der Waals surface area (Å²) >= 11 is 0. The van der Waals surface area contributed by atoms with E-state index in [1.807, 2.05) is 20.8 Å². The van der Waals surface area contributed by atoms with E-state index in [4.69, 9.17) is 9.47 Å². The lowest BCUT2D eigenvalue weighted by Crippen LogP contribution is -2.47. The number of ether oxygens (including phenoxy) is 2. The number of aromatic nitrogens is 2. The van der Waals surface area contributed by atoms with Crippen molar-refractivity contribution in [3.05, 3.63) is 66.2 Å². The molecule has 1 aliphatic carbocycles. The van der Waals surface area contributed by atoms with Crippen molar-refractivity contribution >= 4 is 33.5 Å². The van der Waals surface area contributed by atoms with E-state index >= 15 is 0 Å². The Hall–Kier alpha value is -4.13. The Kier molecular flexibility index (Phi) is 8.33. The van der Waals surface area contributed by atoms with Gasteiger partial charge in [-0.1, -0.05) is 0 Å². The highest BCUT2D eigenvalue weighted by atomic mass is 32.2. The zero-order valence-electron chi connectivity index (χ0n) is 22.6. The second kappa shape index (κ2) is 11.5. The Bertz CT molecular complexity index is 1480. The van der Waals surface area contributed by atoms with Crippen LogP contribution in [-0.4, -0.2) is 55.6 Å². The third-order valence-electron chi connectivity index (χ3n) is 6.18. The number of benzene rings is 2. The fraction of sp³-hybridized carbons (Fsp3) is 0.370. The molecule has 1 saturated carbocycles. The molecule has 0 radical (unpaired) electrons. The van der Waals surface area contributed by atoms with E-state index in [0.717, 1.165) is 19.0 Å². The fourth-order valence-electron chi connectivity index (χ4n) is 4.16. The molecule has 11 nitrogen and oxygen atoms in total. The molecule has 1 aliphatic rings. The van der Waals surface area contributed by atoms with E-state index in [2.05, 4.69) is 20.5 Å². The van der Waals surface area contributed by atoms with Crippen molar-refractivity contribution < 1.29 is 31.9 Å². The molecule has 1 fully saturated rings. The summed E-state index contributed by atoms with van der Waals surface area (Å²) < 4.78 is 53.2. The van der Waals surface area contributed by atoms with Crippen molar-refractivity contribution in [1.82, 2.24) is 15.1 Å². The number of carbonyl (C=O) groups excluding carboxylic acids is 2. The van der Waals surface area contributed by atoms with Crippen LogP contribution in [0.15, 0.2) is 59.8 Å². The molecule has 0 atom stereocenters. The average molecular weight is 574 g/mol. The third kappa shape index (κ3) is 7.29. The lowest BCUT2D eigenvalue weighted by Gasteiger charge is -2.36. The van der Waals surface area contributed by atoms with Gasteiger partial charge in [0.25, 0.3) is 10.0 Å². The van der Waals surface area contributed by atoms with Gasteiger partial charge in [-0.3, -0.25) is 4.72 Å². The summed E-state index contributed by atoms with van der Waals surface area (Å²) in [6.07, 6.45) is 3.56. The third-order valence-corrected chi connectivity index (χ3v) is 7.50. The maximum Gasteiger partial charge on any atom is 0.407 e. The van der Waals surface area contributed by atoms with Gasteiger partial charge in [-0.25, -0.2) is 27.1 Å². The number of carbonyl (C=O) groups is 2. The van der Waals surface area contributed by atoms with Crippen LogP contribution < -0.4 is 15.4 Å². The van der Waals surface area contributed by atoms with Crippen LogP contribution in [-0.2, 0) is 19.5 Å². The molecule has 1 aromatic heterocycles. The van der Waals surface area contributed by atoms with E-state index in [1.54, 1.807) is 6.07 Å². The summed E-state index contributed by atoms with van der Waals surface area (Å²) in [5, 5.41) is 10.2. The predicted molar refractivity (Wildman–Crippen MR) is 146 cm³/mol. The molecule has 1 amide bonds. The summed E-state index contributed by atoms with van der Waals surface area (Å²) in [5.74, 6) is -0.836. The van der Waals surface area contributed by atoms with Crippen molar-refractivity contribution in [1.29, 1.82) is 0 Å². The fourth-order valence-corrected chi connectivity index (χ4v) is 5.17. The van der Waals surface area contributed by atoms with Gasteiger partial charge in [-0.2, -0.15) is 5.10 Å². The minimum atomic E-state index is -4.11. The zero-order valence-corrected chi connectivity index (χ0v) is 23.4. The minimum Gasteiger partial charge on any atom is -0.465 e. The van der Waals surface area contributed by atoms with Crippen LogP contribution in [0.2, 0.25) is 0 Å². The summed E-state index contributed by atoms with van der Waals surface area (Å²) in [7, 11) is -2.91. The first-order valence-corrected chi connectivity index (χ1v) is 14.1. The predicted octanol–water partition coefficient (Wildman–Crippen LogP) is 4.31. The van der Waals surface area contributed by atoms with Crippen molar-refractivity contribution in [2.75, 3.05) is 23.7 Å². The van der Waals surface area contributed by atoms with Crippen LogP contribution in [0.25, 0.3) is 5.69 Å². The lowest BCUT2D eigenvalue weighted by molar-refractivity contribution is 0.0455. The molecule has 3 N–H and O–H groups in total. The first-order valence-electron chi connectivity index (χ1n) is 12.6. The number of anilines is 2. The first kappa shape index (κ1) is 28.9. The number of nitrogens with zero attached hydrogens (tertiary/aromatic N) is 2. The van der Waals surface area contributed by atoms with Crippen LogP contribution in [0, 0.1) is 11.7 Å². The molecule has 0 aliphatic heterocycles. The van der Waals surface area contributed by atoms with Crippen molar-refractivity contribution in [3.63, 3.8) is 0 Å². The maximum atomic E-state index is 13.2. The van der Waals surface area contributed by atoms with Crippen molar-refractivity contribution in [2.24, 2.45) is 5.92 Å². The maximum absolute atomic E-state index is 13.2. The number of methoxy groups -OCH3 is 1. The number of amides is 1. The van der Waals surface area contributed by atoms with E-state index in [-0.39, 0.29) is 22.2 Å². The number of hydrogen-bond donors (Lipinski definition) is 3. The molecule has 4 rings (SSSR count). The highest BCUT2D eigenvalue weighted by Gasteiger charge is 2.31. The second-order valence-corrected chi connectivity index (χ2v) is 12.2. The summed E-state index contributed by atoms with van der Waals surface area (Å²) in [4.78, 5) is 24.3. The lowest BCUT2D eigenvalue weighted by atomic mass is 9.80. The number of halogens is 1. The monoisotopic (exact) mass is 573 g/mol. The molecule has 3 aromatic rings. The summed E-state index contributed by atoms with van der Waals surface area (Å²) in [6, 6.07) is 10.1. The Balaban J connectivity index is 1.39. The Labute approximate surface area is 232 Å². The highest BCUT2D eigenvalue weighted by Crippen LogP contribution is 2.29. The second-order valence-electron chi connectivity index (χ2n) is 10.5. The molecule has 0 saturated heterocycles. The molecule has 0 spiro atoms. The van der Waals surface area contributed by atoms with E-state index in [0.29, 0.717) is 23.8 Å². The normalized spacial score (nSPS) is 16.9. The van der Waals surface area contributed by atoms with Gasteiger partial charge in [0.2, 0.25) is 0 Å². The standard InChI is InChI=1S/C27H32FN5O6S/c1-27(2,3)39-26(35)31-20-11-17(12-20)14-29-19-7-10-24(23(13-19)25(34)38-4)32-40(36,37)22-15-30-33(16-22)21-8-5-18(28)6-9-21/h5-10,13,15-17,20,29,32H,11-12,14H2,1-4H3,(H,31,35). The van der Waals surface area contributed by atoms with Crippen molar-refractivity contribution in [3.8, 4) is 5.69 Å². The molecule has 0 bridgehead atoms. The Morgan fingerprint density at radius 2 is 1.82 bits per heavy atom. The number of sulfonamides is 1. The molecule has 1 heterocycles. The number of nitrogens with one attached hydrogen (secondary N) is 3.